The number of halogens is 1. The van der Waals surface area contributed by atoms with Crippen molar-refractivity contribution in [3.05, 3.63) is 53.7 Å². The van der Waals surface area contributed by atoms with Crippen LogP contribution in [0.15, 0.2) is 36.8 Å². The molecule has 2 rings (SSSR count). The first-order valence-corrected chi connectivity index (χ1v) is 7.29. The van der Waals surface area contributed by atoms with Gasteiger partial charge in [0.2, 0.25) is 0 Å². The zero-order valence-electron chi connectivity index (χ0n) is 13.7. The Labute approximate surface area is 139 Å². The van der Waals surface area contributed by atoms with Gasteiger partial charge in [-0.15, -0.1) is 0 Å². The van der Waals surface area contributed by atoms with Crippen LogP contribution in [0.5, 0.6) is 0 Å². The minimum atomic E-state index is -0.696. The lowest BCUT2D eigenvalue weighted by atomic mass is 10.2. The van der Waals surface area contributed by atoms with Crippen molar-refractivity contribution < 1.29 is 18.7 Å². The monoisotopic (exact) mass is 331 g/mol. The molecule has 0 saturated carbocycles. The first-order chi connectivity index (χ1) is 11.3. The third kappa shape index (κ3) is 4.84. The van der Waals surface area contributed by atoms with Crippen molar-refractivity contribution in [1.82, 2.24) is 9.97 Å². The molecule has 0 N–H and O–H groups in total. The number of carbonyl (C=O) groups is 2. The van der Waals surface area contributed by atoms with Crippen molar-refractivity contribution >= 4 is 18.2 Å². The topological polar surface area (TPSA) is 72.4 Å². The molecule has 2 heterocycles. The smallest absolute Gasteiger partial charge is 0.416 e. The largest absolute Gasteiger partial charge is 0.443 e. The van der Waals surface area contributed by atoms with Gasteiger partial charge in [-0.25, -0.2) is 14.2 Å². The Morgan fingerprint density at radius 3 is 2.58 bits per heavy atom. The number of carbonyl (C=O) groups excluding carboxylic acids is 2. The third-order valence-electron chi connectivity index (χ3n) is 2.90. The van der Waals surface area contributed by atoms with Gasteiger partial charge in [0.25, 0.3) is 0 Å². The summed E-state index contributed by atoms with van der Waals surface area (Å²) in [6.07, 6.45) is 3.92. The molecule has 0 fully saturated rings. The fourth-order valence-corrected chi connectivity index (χ4v) is 1.91. The number of hydrogen-bond donors (Lipinski definition) is 0. The van der Waals surface area contributed by atoms with E-state index in [1.165, 1.54) is 35.5 Å². The lowest BCUT2D eigenvalue weighted by Crippen LogP contribution is -2.37. The van der Waals surface area contributed by atoms with Crippen LogP contribution in [0.25, 0.3) is 0 Å². The molecule has 24 heavy (non-hydrogen) atoms. The van der Waals surface area contributed by atoms with E-state index in [0.29, 0.717) is 23.2 Å². The fraction of sp³-hybridized carbons (Fsp3) is 0.294. The van der Waals surface area contributed by atoms with Crippen LogP contribution in [0.2, 0.25) is 0 Å². The highest BCUT2D eigenvalue weighted by molar-refractivity contribution is 5.87. The maximum absolute atomic E-state index is 13.3. The van der Waals surface area contributed by atoms with E-state index in [4.69, 9.17) is 4.74 Å². The molecule has 0 saturated heterocycles. The van der Waals surface area contributed by atoms with Crippen LogP contribution in [0.3, 0.4) is 0 Å². The normalized spacial score (nSPS) is 11.0. The van der Waals surface area contributed by atoms with Gasteiger partial charge in [0.05, 0.1) is 12.7 Å². The zero-order valence-corrected chi connectivity index (χ0v) is 13.7. The predicted octanol–water partition coefficient (Wildman–Crippen LogP) is 3.37. The summed E-state index contributed by atoms with van der Waals surface area (Å²) in [5.74, 6) is -0.208. The number of pyridine rings is 2. The van der Waals surface area contributed by atoms with Gasteiger partial charge in [-0.05, 0) is 44.5 Å². The Bertz CT molecular complexity index is 727. The molecule has 0 aromatic carbocycles. The summed E-state index contributed by atoms with van der Waals surface area (Å²) < 4.78 is 18.7. The van der Waals surface area contributed by atoms with E-state index in [1.54, 1.807) is 20.8 Å². The van der Waals surface area contributed by atoms with Crippen LogP contribution in [0, 0.1) is 5.82 Å². The number of anilines is 1. The molecular formula is C17H18FN3O3. The van der Waals surface area contributed by atoms with Gasteiger partial charge in [0.1, 0.15) is 17.2 Å². The first kappa shape index (κ1) is 17.5. The number of ether oxygens (including phenoxy) is 1. The first-order valence-electron chi connectivity index (χ1n) is 7.29. The maximum atomic E-state index is 13.3. The molecule has 0 spiro atoms. The Morgan fingerprint density at radius 2 is 2.04 bits per heavy atom. The van der Waals surface area contributed by atoms with Crippen LogP contribution < -0.4 is 4.90 Å². The van der Waals surface area contributed by atoms with E-state index < -0.39 is 17.5 Å². The number of hydrogen-bond acceptors (Lipinski definition) is 5. The number of nitrogens with zero attached hydrogens (tertiary/aromatic N) is 3. The summed E-state index contributed by atoms with van der Waals surface area (Å²) in [7, 11) is 0. The van der Waals surface area contributed by atoms with Gasteiger partial charge in [-0.3, -0.25) is 14.7 Å². The molecule has 0 unspecified atom stereocenters. The molecule has 7 heteroatoms. The van der Waals surface area contributed by atoms with E-state index in [-0.39, 0.29) is 6.54 Å². The summed E-state index contributed by atoms with van der Waals surface area (Å²) in [5.41, 5.74) is 0.176. The predicted molar refractivity (Wildman–Crippen MR) is 86.2 cm³/mol. The van der Waals surface area contributed by atoms with Crippen LogP contribution in [0.4, 0.5) is 15.0 Å². The lowest BCUT2D eigenvalue weighted by molar-refractivity contribution is 0.0576. The van der Waals surface area contributed by atoms with Crippen molar-refractivity contribution in [2.24, 2.45) is 0 Å². The Balaban J connectivity index is 2.32. The van der Waals surface area contributed by atoms with Crippen molar-refractivity contribution in [3.8, 4) is 0 Å². The highest BCUT2D eigenvalue weighted by atomic mass is 19.1. The fourth-order valence-electron chi connectivity index (χ4n) is 1.91. The molecular weight excluding hydrogens is 313 g/mol. The summed E-state index contributed by atoms with van der Waals surface area (Å²) in [4.78, 5) is 32.4. The summed E-state index contributed by atoms with van der Waals surface area (Å²) in [6.45, 7) is 5.27. The highest BCUT2D eigenvalue weighted by Crippen LogP contribution is 2.19. The van der Waals surface area contributed by atoms with Crippen molar-refractivity contribution in [2.45, 2.75) is 32.9 Å². The van der Waals surface area contributed by atoms with Gasteiger partial charge in [0.15, 0.2) is 6.29 Å². The molecule has 6 nitrogen and oxygen atoms in total. The number of aldehydes is 1. The van der Waals surface area contributed by atoms with Crippen molar-refractivity contribution in [3.63, 3.8) is 0 Å². The number of amides is 1. The number of rotatable bonds is 4. The molecule has 0 atom stereocenters. The average Bonchev–Trinajstić information content (AvgIpc) is 2.51. The van der Waals surface area contributed by atoms with Crippen LogP contribution in [0.1, 0.15) is 36.7 Å². The Hall–Kier alpha value is -2.83. The molecule has 0 radical (unpaired) electrons. The van der Waals surface area contributed by atoms with E-state index in [9.17, 15) is 14.0 Å². The van der Waals surface area contributed by atoms with Gasteiger partial charge in [-0.2, -0.15) is 0 Å². The summed E-state index contributed by atoms with van der Waals surface area (Å²) >= 11 is 0. The number of aromatic nitrogens is 2. The molecule has 0 aliphatic rings. The van der Waals surface area contributed by atoms with Gasteiger partial charge in [-0.1, -0.05) is 0 Å². The zero-order chi connectivity index (χ0) is 17.7. The quantitative estimate of drug-likeness (QED) is 0.803. The van der Waals surface area contributed by atoms with Crippen LogP contribution >= 0.6 is 0 Å². The molecule has 2 aromatic heterocycles. The lowest BCUT2D eigenvalue weighted by Gasteiger charge is -2.26. The minimum Gasteiger partial charge on any atom is -0.443 e. The standard InChI is InChI=1S/C17H18FN3O3/c1-17(2,3)24-16(23)21(10-13-6-14(18)9-19-7-13)15-5-4-12(11-22)8-20-15/h4-9,11H,10H2,1-3H3. The SMILES string of the molecule is CC(C)(C)OC(=O)N(Cc1cncc(F)c1)c1ccc(C=O)cn1. The second-order valence-electron chi connectivity index (χ2n) is 6.15. The third-order valence-corrected chi connectivity index (χ3v) is 2.90. The average molecular weight is 331 g/mol. The van der Waals surface area contributed by atoms with E-state index in [1.807, 2.05) is 0 Å². The van der Waals surface area contributed by atoms with Gasteiger partial charge in [0, 0.05) is 18.0 Å². The van der Waals surface area contributed by atoms with Crippen LogP contribution in [-0.4, -0.2) is 27.9 Å². The molecule has 0 aliphatic heterocycles. The van der Waals surface area contributed by atoms with Gasteiger partial charge >= 0.3 is 6.09 Å². The highest BCUT2D eigenvalue weighted by Gasteiger charge is 2.24. The second-order valence-corrected chi connectivity index (χ2v) is 6.15. The molecule has 0 bridgehead atoms. The van der Waals surface area contributed by atoms with Gasteiger partial charge < -0.3 is 4.74 Å². The maximum Gasteiger partial charge on any atom is 0.416 e. The summed E-state index contributed by atoms with van der Waals surface area (Å²) in [6, 6.07) is 4.35. The van der Waals surface area contributed by atoms with Crippen molar-refractivity contribution in [2.75, 3.05) is 4.90 Å². The van der Waals surface area contributed by atoms with E-state index >= 15 is 0 Å². The minimum absolute atomic E-state index is 0.0348. The molecule has 1 amide bonds. The second kappa shape index (κ2) is 7.16. The molecule has 126 valence electrons. The molecule has 0 aliphatic carbocycles. The van der Waals surface area contributed by atoms with Crippen molar-refractivity contribution in [1.29, 1.82) is 0 Å². The van der Waals surface area contributed by atoms with E-state index in [2.05, 4.69) is 9.97 Å². The summed E-state index contributed by atoms with van der Waals surface area (Å²) in [5, 5.41) is 0. The Kier molecular flexibility index (Phi) is 5.23. The molecule has 2 aromatic rings. The van der Waals surface area contributed by atoms with Crippen LogP contribution in [-0.2, 0) is 11.3 Å². The van der Waals surface area contributed by atoms with E-state index in [0.717, 1.165) is 6.20 Å². The Morgan fingerprint density at radius 1 is 1.29 bits per heavy atom.